The van der Waals surface area contributed by atoms with Gasteiger partial charge in [-0.1, -0.05) is 12.1 Å². The molecule has 1 atom stereocenters. The van der Waals surface area contributed by atoms with Crippen LogP contribution in [0.15, 0.2) is 30.6 Å². The monoisotopic (exact) mass is 340 g/mol. The predicted octanol–water partition coefficient (Wildman–Crippen LogP) is 2.69. The van der Waals surface area contributed by atoms with Crippen molar-refractivity contribution in [3.05, 3.63) is 42.0 Å². The zero-order valence-corrected chi connectivity index (χ0v) is 14.6. The maximum Gasteiger partial charge on any atom is 0.170 e. The second-order valence-electron chi connectivity index (χ2n) is 7.00. The van der Waals surface area contributed by atoms with Crippen molar-refractivity contribution < 1.29 is 9.53 Å². The summed E-state index contributed by atoms with van der Waals surface area (Å²) in [6, 6.07) is 7.62. The quantitative estimate of drug-likeness (QED) is 0.860. The Morgan fingerprint density at radius 3 is 3.00 bits per heavy atom. The van der Waals surface area contributed by atoms with Crippen LogP contribution in [0.25, 0.3) is 0 Å². The Kier molecular flexibility index (Phi) is 4.29. The van der Waals surface area contributed by atoms with Crippen LogP contribution < -0.4 is 4.74 Å². The van der Waals surface area contributed by atoms with Gasteiger partial charge in [-0.3, -0.25) is 9.69 Å². The number of hydrogen-bond donors (Lipinski definition) is 0. The number of ether oxygens (including phenoxy) is 1. The molecule has 0 bridgehead atoms. The maximum absolute atomic E-state index is 12.6. The number of carbonyl (C=O) groups excluding carboxylic acids is 1. The summed E-state index contributed by atoms with van der Waals surface area (Å²) in [6.45, 7) is 5.62. The third-order valence-corrected chi connectivity index (χ3v) is 5.35. The number of aromatic nitrogens is 3. The first-order valence-electron chi connectivity index (χ1n) is 9.09. The van der Waals surface area contributed by atoms with E-state index in [1.165, 1.54) is 0 Å². The Hall–Kier alpha value is -2.21. The highest BCUT2D eigenvalue weighted by Crippen LogP contribution is 2.39. The van der Waals surface area contributed by atoms with E-state index in [1.807, 2.05) is 28.9 Å². The number of likely N-dealkylation sites (tertiary alicyclic amines) is 1. The van der Waals surface area contributed by atoms with Crippen molar-refractivity contribution in [1.29, 1.82) is 0 Å². The van der Waals surface area contributed by atoms with Gasteiger partial charge in [-0.05, 0) is 38.4 Å². The van der Waals surface area contributed by atoms with E-state index in [-0.39, 0.29) is 11.4 Å². The van der Waals surface area contributed by atoms with Crippen LogP contribution in [0.2, 0.25) is 0 Å². The zero-order valence-electron chi connectivity index (χ0n) is 14.6. The van der Waals surface area contributed by atoms with Gasteiger partial charge in [0.05, 0.1) is 18.5 Å². The molecule has 0 amide bonds. The number of benzene rings is 1. The summed E-state index contributed by atoms with van der Waals surface area (Å²) in [5.74, 6) is 1.96. The molecule has 4 rings (SSSR count). The second-order valence-corrected chi connectivity index (χ2v) is 7.00. The van der Waals surface area contributed by atoms with E-state index in [0.29, 0.717) is 6.42 Å². The predicted molar refractivity (Wildman–Crippen MR) is 93.6 cm³/mol. The van der Waals surface area contributed by atoms with Gasteiger partial charge in [-0.2, -0.15) is 5.10 Å². The Balaban J connectivity index is 1.47. The highest BCUT2D eigenvalue weighted by molar-refractivity contribution is 6.00. The van der Waals surface area contributed by atoms with E-state index in [2.05, 4.69) is 21.9 Å². The molecule has 0 radical (unpaired) electrons. The molecule has 132 valence electrons. The number of para-hydroxylation sites is 1. The molecule has 2 aliphatic rings. The molecule has 0 saturated carbocycles. The molecule has 1 spiro atoms. The summed E-state index contributed by atoms with van der Waals surface area (Å²) in [6.07, 6.45) is 4.92. The van der Waals surface area contributed by atoms with Crippen LogP contribution in [0.3, 0.4) is 0 Å². The lowest BCUT2D eigenvalue weighted by molar-refractivity contribution is 0.0298. The van der Waals surface area contributed by atoms with Crippen molar-refractivity contribution in [1.82, 2.24) is 19.7 Å². The van der Waals surface area contributed by atoms with E-state index in [9.17, 15) is 4.79 Å². The van der Waals surface area contributed by atoms with Crippen LogP contribution in [-0.4, -0.2) is 44.1 Å². The molecule has 1 unspecified atom stereocenters. The maximum atomic E-state index is 12.6. The molecule has 3 heterocycles. The SMILES string of the molecule is CCn1ncnc1CN1CCCC2(CC1)CC(=O)c1ccccc1O2. The second kappa shape index (κ2) is 6.59. The first-order chi connectivity index (χ1) is 12.2. The summed E-state index contributed by atoms with van der Waals surface area (Å²) < 4.78 is 8.30. The molecule has 1 aromatic carbocycles. The number of nitrogens with zero attached hydrogens (tertiary/aromatic N) is 4. The number of carbonyl (C=O) groups is 1. The average molecular weight is 340 g/mol. The Morgan fingerprint density at radius 1 is 1.24 bits per heavy atom. The first kappa shape index (κ1) is 16.3. The molecule has 1 fully saturated rings. The zero-order chi connectivity index (χ0) is 17.3. The van der Waals surface area contributed by atoms with Crippen molar-refractivity contribution in [3.8, 4) is 5.75 Å². The van der Waals surface area contributed by atoms with Crippen molar-refractivity contribution in [2.45, 2.75) is 51.3 Å². The number of fused-ring (bicyclic) bond motifs is 1. The van der Waals surface area contributed by atoms with Gasteiger partial charge < -0.3 is 4.74 Å². The summed E-state index contributed by atoms with van der Waals surface area (Å²) in [5, 5.41) is 4.25. The minimum absolute atomic E-state index is 0.209. The van der Waals surface area contributed by atoms with E-state index in [1.54, 1.807) is 6.33 Å². The average Bonchev–Trinajstić information content (AvgIpc) is 2.98. The van der Waals surface area contributed by atoms with Gasteiger partial charge in [0.25, 0.3) is 0 Å². The minimum atomic E-state index is -0.349. The fourth-order valence-electron chi connectivity index (χ4n) is 3.98. The molecular weight excluding hydrogens is 316 g/mol. The first-order valence-corrected chi connectivity index (χ1v) is 9.09. The number of Topliss-reactive ketones (excluding diaryl/α,β-unsaturated/α-hetero) is 1. The van der Waals surface area contributed by atoms with E-state index >= 15 is 0 Å². The highest BCUT2D eigenvalue weighted by Gasteiger charge is 2.41. The summed E-state index contributed by atoms with van der Waals surface area (Å²) >= 11 is 0. The molecule has 0 aliphatic carbocycles. The van der Waals surface area contributed by atoms with Crippen LogP contribution in [0.1, 0.15) is 48.8 Å². The van der Waals surface area contributed by atoms with Crippen LogP contribution in [0, 0.1) is 0 Å². The largest absolute Gasteiger partial charge is 0.486 e. The fourth-order valence-corrected chi connectivity index (χ4v) is 3.98. The van der Waals surface area contributed by atoms with Crippen molar-refractivity contribution in [3.63, 3.8) is 0 Å². The lowest BCUT2D eigenvalue weighted by Gasteiger charge is -2.37. The molecule has 0 N–H and O–H groups in total. The summed E-state index contributed by atoms with van der Waals surface area (Å²) in [4.78, 5) is 19.4. The molecule has 1 saturated heterocycles. The normalized spacial score (nSPS) is 24.0. The minimum Gasteiger partial charge on any atom is -0.486 e. The third-order valence-electron chi connectivity index (χ3n) is 5.35. The van der Waals surface area contributed by atoms with Gasteiger partial charge in [0.15, 0.2) is 5.78 Å². The van der Waals surface area contributed by atoms with Gasteiger partial charge in [-0.15, -0.1) is 0 Å². The topological polar surface area (TPSA) is 60.2 Å². The van der Waals surface area contributed by atoms with Gasteiger partial charge >= 0.3 is 0 Å². The molecular formula is C19H24N4O2. The fraction of sp³-hybridized carbons (Fsp3) is 0.526. The van der Waals surface area contributed by atoms with Crippen LogP contribution in [0.4, 0.5) is 0 Å². The van der Waals surface area contributed by atoms with E-state index in [4.69, 9.17) is 4.74 Å². The lowest BCUT2D eigenvalue weighted by atomic mass is 9.84. The molecule has 6 heteroatoms. The smallest absolute Gasteiger partial charge is 0.170 e. The number of rotatable bonds is 3. The van der Waals surface area contributed by atoms with Crippen molar-refractivity contribution in [2.75, 3.05) is 13.1 Å². The van der Waals surface area contributed by atoms with Crippen LogP contribution in [-0.2, 0) is 13.1 Å². The molecule has 6 nitrogen and oxygen atoms in total. The highest BCUT2D eigenvalue weighted by atomic mass is 16.5. The van der Waals surface area contributed by atoms with Crippen molar-refractivity contribution >= 4 is 5.78 Å². The van der Waals surface area contributed by atoms with Crippen molar-refractivity contribution in [2.24, 2.45) is 0 Å². The summed E-state index contributed by atoms with van der Waals surface area (Å²) in [7, 11) is 0. The van der Waals surface area contributed by atoms with Gasteiger partial charge in [-0.25, -0.2) is 9.67 Å². The van der Waals surface area contributed by atoms with E-state index < -0.39 is 0 Å². The molecule has 2 aromatic rings. The Bertz CT molecular complexity index is 772. The van der Waals surface area contributed by atoms with Gasteiger partial charge in [0.1, 0.15) is 23.5 Å². The van der Waals surface area contributed by atoms with Crippen LogP contribution >= 0.6 is 0 Å². The molecule has 25 heavy (non-hydrogen) atoms. The number of ketones is 1. The third kappa shape index (κ3) is 3.18. The Morgan fingerprint density at radius 2 is 2.12 bits per heavy atom. The number of hydrogen-bond acceptors (Lipinski definition) is 5. The van der Waals surface area contributed by atoms with E-state index in [0.717, 1.165) is 62.6 Å². The number of aryl methyl sites for hydroxylation is 1. The molecule has 2 aliphatic heterocycles. The standard InChI is InChI=1S/C19H24N4O2/c1-2-23-18(20-14-21-23)13-22-10-5-8-19(9-11-22)12-16(24)15-6-3-4-7-17(15)25-19/h3-4,6-7,14H,2,5,8-13H2,1H3. The van der Waals surface area contributed by atoms with Gasteiger partial charge in [0, 0.05) is 19.5 Å². The summed E-state index contributed by atoms with van der Waals surface area (Å²) in [5.41, 5.74) is 0.379. The lowest BCUT2D eigenvalue weighted by Crippen LogP contribution is -2.42. The Labute approximate surface area is 147 Å². The molecule has 1 aromatic heterocycles. The van der Waals surface area contributed by atoms with Crippen LogP contribution in [0.5, 0.6) is 5.75 Å². The van der Waals surface area contributed by atoms with Gasteiger partial charge in [0.2, 0.25) is 0 Å².